The zero-order chi connectivity index (χ0) is 14.1. The van der Waals surface area contributed by atoms with Crippen LogP contribution >= 0.6 is 0 Å². The second kappa shape index (κ2) is 9.66. The fourth-order valence-corrected chi connectivity index (χ4v) is 4.34. The van der Waals surface area contributed by atoms with Crippen LogP contribution in [-0.4, -0.2) is 13.9 Å². The van der Waals surface area contributed by atoms with Gasteiger partial charge in [-0.15, -0.1) is 6.42 Å². The van der Waals surface area contributed by atoms with E-state index in [-0.39, 0.29) is 52.1 Å². The molecule has 121 valence electrons. The Morgan fingerprint density at radius 1 is 1.23 bits per heavy atom. The molecule has 1 nitrogen and oxygen atoms in total. The van der Waals surface area contributed by atoms with Gasteiger partial charge in [0, 0.05) is 0 Å². The van der Waals surface area contributed by atoms with Crippen LogP contribution in [0, 0.1) is 6.08 Å². The maximum Gasteiger partial charge on any atom is 3.00 e. The summed E-state index contributed by atoms with van der Waals surface area (Å²) >= 11 is 0. The molecule has 0 fully saturated rings. The van der Waals surface area contributed by atoms with Crippen molar-refractivity contribution in [3.05, 3.63) is 47.1 Å². The second-order valence-electron chi connectivity index (χ2n) is 6.67. The van der Waals surface area contributed by atoms with Gasteiger partial charge in [0.25, 0.3) is 0 Å². The first-order valence-corrected chi connectivity index (χ1v) is 10.5. The van der Waals surface area contributed by atoms with Crippen molar-refractivity contribution in [2.75, 3.05) is 0 Å². The third-order valence-electron chi connectivity index (χ3n) is 3.66. The van der Waals surface area contributed by atoms with Crippen LogP contribution < -0.4 is 24.8 Å². The van der Waals surface area contributed by atoms with Crippen LogP contribution in [0.25, 0.3) is 0 Å². The first-order chi connectivity index (χ1) is 8.81. The number of hydrogen-bond acceptors (Lipinski definition) is 1. The summed E-state index contributed by atoms with van der Waals surface area (Å²) in [5, 5.41) is 0. The van der Waals surface area contributed by atoms with Gasteiger partial charge in [-0.05, 0) is 51.9 Å². The summed E-state index contributed by atoms with van der Waals surface area (Å²) in [6, 6.07) is 0. The van der Waals surface area contributed by atoms with Crippen molar-refractivity contribution in [2.45, 2.75) is 58.4 Å². The van der Waals surface area contributed by atoms with E-state index in [1.54, 1.807) is 0 Å². The fraction of sp³-hybridized carbons (Fsp3) is 0.529. The number of hydrogen-bond donors (Lipinski definition) is 0. The Bertz CT molecular complexity index is 489. The molecule has 2 aliphatic rings. The first-order valence-electron chi connectivity index (χ1n) is 7.13. The van der Waals surface area contributed by atoms with Crippen LogP contribution in [0.5, 0.6) is 0 Å². The molecule has 2 aliphatic carbocycles. The van der Waals surface area contributed by atoms with Crippen molar-refractivity contribution in [1.82, 2.24) is 0 Å². The van der Waals surface area contributed by atoms with E-state index in [9.17, 15) is 0 Å². The van der Waals surface area contributed by atoms with E-state index in [0.29, 0.717) is 0 Å². The Kier molecular flexibility index (Phi) is 10.8. The average Bonchev–Trinajstić information content (AvgIpc) is 2.74. The molecular formula is C17H25Cl2OSiTi. The zero-order valence-electron chi connectivity index (χ0n) is 14.1. The van der Waals surface area contributed by atoms with E-state index in [0.717, 1.165) is 19.3 Å². The quantitative estimate of drug-likeness (QED) is 0.439. The summed E-state index contributed by atoms with van der Waals surface area (Å²) in [6.45, 7) is 11.2. The van der Waals surface area contributed by atoms with Gasteiger partial charge in [0.2, 0.25) is 0 Å². The Balaban J connectivity index is 0. The van der Waals surface area contributed by atoms with Crippen molar-refractivity contribution in [2.24, 2.45) is 0 Å². The minimum Gasteiger partial charge on any atom is -1.00 e. The van der Waals surface area contributed by atoms with Crippen molar-refractivity contribution < 1.29 is 51.0 Å². The van der Waals surface area contributed by atoms with Crippen LogP contribution in [0.1, 0.15) is 33.1 Å². The van der Waals surface area contributed by atoms with E-state index < -0.39 is 8.32 Å². The first kappa shape index (κ1) is 24.7. The molecule has 0 aromatic carbocycles. The summed E-state index contributed by atoms with van der Waals surface area (Å²) in [5.41, 5.74) is 3.89. The molecule has 0 saturated heterocycles. The van der Waals surface area contributed by atoms with Crippen molar-refractivity contribution in [1.29, 1.82) is 0 Å². The minimum absolute atomic E-state index is 0. The van der Waals surface area contributed by atoms with Gasteiger partial charge in [-0.2, -0.15) is 6.08 Å². The molecule has 22 heavy (non-hydrogen) atoms. The van der Waals surface area contributed by atoms with Crippen LogP contribution in [-0.2, 0) is 26.1 Å². The summed E-state index contributed by atoms with van der Waals surface area (Å²) in [7, 11) is -1.59. The number of allylic oxidation sites excluding steroid dienone is 5. The Morgan fingerprint density at radius 2 is 1.86 bits per heavy atom. The predicted molar refractivity (Wildman–Crippen MR) is 84.4 cm³/mol. The van der Waals surface area contributed by atoms with Gasteiger partial charge in [0.15, 0.2) is 8.32 Å². The molecule has 1 radical (unpaired) electrons. The van der Waals surface area contributed by atoms with Crippen LogP contribution in [0.3, 0.4) is 0 Å². The molecule has 1 unspecified atom stereocenters. The molecular weight excluding hydrogens is 367 g/mol. The molecule has 0 amide bonds. The number of rotatable bonds is 4. The Morgan fingerprint density at radius 3 is 2.32 bits per heavy atom. The Labute approximate surface area is 164 Å². The third kappa shape index (κ3) is 6.51. The third-order valence-corrected chi connectivity index (χ3v) is 4.66. The van der Waals surface area contributed by atoms with Crippen molar-refractivity contribution >= 4 is 8.32 Å². The van der Waals surface area contributed by atoms with E-state index >= 15 is 0 Å². The molecule has 2 rings (SSSR count). The van der Waals surface area contributed by atoms with Gasteiger partial charge in [-0.3, -0.25) is 6.08 Å². The number of halogens is 2. The molecule has 0 heterocycles. The zero-order valence-corrected chi connectivity index (χ0v) is 18.2. The topological polar surface area (TPSA) is 9.23 Å². The molecule has 0 aromatic rings. The molecule has 0 N–H and O–H groups in total. The van der Waals surface area contributed by atoms with Crippen molar-refractivity contribution in [3.63, 3.8) is 0 Å². The predicted octanol–water partition coefficient (Wildman–Crippen LogP) is -1.04. The smallest absolute Gasteiger partial charge is 1.00 e. The Hall–Kier alpha value is 0.431. The van der Waals surface area contributed by atoms with Gasteiger partial charge in [-0.1, -0.05) is 17.7 Å². The van der Waals surface area contributed by atoms with Gasteiger partial charge < -0.3 is 29.2 Å². The maximum absolute atomic E-state index is 6.62. The SMILES string of the molecule is CC1=CCC(CC2=[C-]CC=C2)(O[Si](C)(C)C)C(C)=C1.[Cl-].[Cl-].[Ti+3]. The van der Waals surface area contributed by atoms with Gasteiger partial charge in [0.05, 0.1) is 5.60 Å². The van der Waals surface area contributed by atoms with Crippen LogP contribution in [0.4, 0.5) is 0 Å². The van der Waals surface area contributed by atoms with E-state index in [1.807, 2.05) is 0 Å². The molecule has 0 spiro atoms. The van der Waals surface area contributed by atoms with Gasteiger partial charge in [-0.25, -0.2) is 11.6 Å². The van der Waals surface area contributed by atoms with Crippen molar-refractivity contribution in [3.8, 4) is 0 Å². The van der Waals surface area contributed by atoms with E-state index in [2.05, 4.69) is 63.9 Å². The standard InChI is InChI=1S/C17H25OSi.2ClH.Ti/c1-14-10-11-17(15(2)12-14,18-19(3,4)5)13-16-8-6-7-9-16;;;/h6,8,10,12H,7,11,13H2,1-5H3;2*1H;/q-1;;;+3/p-2. The molecule has 1 atom stereocenters. The normalized spacial score (nSPS) is 23.4. The monoisotopic (exact) mass is 391 g/mol. The minimum atomic E-state index is -1.59. The molecule has 0 bridgehead atoms. The summed E-state index contributed by atoms with van der Waals surface area (Å²) in [6.07, 6.45) is 15.3. The van der Waals surface area contributed by atoms with Gasteiger partial charge >= 0.3 is 21.7 Å². The fourth-order valence-electron chi connectivity index (χ4n) is 2.85. The summed E-state index contributed by atoms with van der Waals surface area (Å²) in [5.74, 6) is 0. The molecule has 0 aliphatic heterocycles. The second-order valence-corrected chi connectivity index (χ2v) is 11.1. The largest absolute Gasteiger partial charge is 3.00 e. The molecule has 0 aromatic heterocycles. The van der Waals surface area contributed by atoms with E-state index in [1.165, 1.54) is 16.7 Å². The van der Waals surface area contributed by atoms with Gasteiger partial charge in [0.1, 0.15) is 0 Å². The van der Waals surface area contributed by atoms with Crippen LogP contribution in [0.2, 0.25) is 19.6 Å². The molecule has 0 saturated carbocycles. The van der Waals surface area contributed by atoms with E-state index in [4.69, 9.17) is 4.43 Å². The molecule has 5 heteroatoms. The summed E-state index contributed by atoms with van der Waals surface area (Å²) < 4.78 is 6.62. The van der Waals surface area contributed by atoms with Crippen LogP contribution in [0.15, 0.2) is 41.0 Å². The maximum atomic E-state index is 6.62. The summed E-state index contributed by atoms with van der Waals surface area (Å²) in [4.78, 5) is 0. The average molecular weight is 392 g/mol.